The monoisotopic (exact) mass is 180 g/mol. The van der Waals surface area contributed by atoms with E-state index >= 15 is 0 Å². The minimum Gasteiger partial charge on any atom is -0.300 e. The summed E-state index contributed by atoms with van der Waals surface area (Å²) in [5, 5.41) is 0. The predicted octanol–water partition coefficient (Wildman–Crippen LogP) is 3.49. The van der Waals surface area contributed by atoms with Crippen LogP contribution in [-0.2, 0) is 4.79 Å². The number of Topliss-reactive ketones (excluding diaryl/α,β-unsaturated/α-hetero) is 1. The lowest BCUT2D eigenvalue weighted by Gasteiger charge is -2.13. The van der Waals surface area contributed by atoms with E-state index in [4.69, 9.17) is 0 Å². The van der Waals surface area contributed by atoms with Crippen molar-refractivity contribution in [1.29, 1.82) is 0 Å². The van der Waals surface area contributed by atoms with E-state index < -0.39 is 0 Å². The largest absolute Gasteiger partial charge is 0.300 e. The van der Waals surface area contributed by atoms with Gasteiger partial charge >= 0.3 is 0 Å². The quantitative estimate of drug-likeness (QED) is 0.480. The van der Waals surface area contributed by atoms with Crippen LogP contribution in [0, 0.1) is 5.92 Å². The Bertz CT molecular complexity index is 193. The molecule has 1 fully saturated rings. The Morgan fingerprint density at radius 2 is 2.31 bits per heavy atom. The molecule has 1 unspecified atom stereocenters. The molecule has 74 valence electrons. The van der Waals surface area contributed by atoms with E-state index in [9.17, 15) is 4.79 Å². The summed E-state index contributed by atoms with van der Waals surface area (Å²) in [6, 6.07) is 0. The zero-order chi connectivity index (χ0) is 9.68. The summed E-state index contributed by atoms with van der Waals surface area (Å²) in [6.45, 7) is 6.15. The van der Waals surface area contributed by atoms with Gasteiger partial charge in [-0.25, -0.2) is 0 Å². The van der Waals surface area contributed by atoms with E-state index in [2.05, 4.69) is 13.5 Å². The van der Waals surface area contributed by atoms with Gasteiger partial charge in [0.05, 0.1) is 0 Å². The van der Waals surface area contributed by atoms with Gasteiger partial charge in [-0.3, -0.25) is 4.79 Å². The Kier molecular flexibility index (Phi) is 4.20. The Balaban J connectivity index is 2.39. The van der Waals surface area contributed by atoms with Gasteiger partial charge in [-0.05, 0) is 31.6 Å². The molecule has 1 nitrogen and oxygen atoms in total. The van der Waals surface area contributed by atoms with Gasteiger partial charge in [0.25, 0.3) is 0 Å². The summed E-state index contributed by atoms with van der Waals surface area (Å²) in [4.78, 5) is 11.3. The van der Waals surface area contributed by atoms with Gasteiger partial charge in [-0.15, -0.1) is 0 Å². The van der Waals surface area contributed by atoms with Crippen LogP contribution >= 0.6 is 0 Å². The van der Waals surface area contributed by atoms with Crippen molar-refractivity contribution in [3.05, 3.63) is 12.2 Å². The molecule has 13 heavy (non-hydrogen) atoms. The number of rotatable bonds is 3. The fraction of sp³-hybridized carbons (Fsp3) is 0.750. The van der Waals surface area contributed by atoms with Crippen molar-refractivity contribution in [2.45, 2.75) is 51.9 Å². The molecule has 0 amide bonds. The molecule has 0 bridgehead atoms. The van der Waals surface area contributed by atoms with Crippen molar-refractivity contribution >= 4 is 5.78 Å². The summed E-state index contributed by atoms with van der Waals surface area (Å²) < 4.78 is 0. The molecule has 0 aromatic heterocycles. The highest BCUT2D eigenvalue weighted by Gasteiger charge is 2.17. The highest BCUT2D eigenvalue weighted by atomic mass is 16.1. The lowest BCUT2D eigenvalue weighted by atomic mass is 9.92. The van der Waals surface area contributed by atoms with E-state index in [1.807, 2.05) is 0 Å². The van der Waals surface area contributed by atoms with Crippen LogP contribution in [0.5, 0.6) is 0 Å². The van der Waals surface area contributed by atoms with Gasteiger partial charge in [0.15, 0.2) is 0 Å². The van der Waals surface area contributed by atoms with Crippen molar-refractivity contribution in [1.82, 2.24) is 0 Å². The molecule has 1 heteroatoms. The Labute approximate surface area is 81.2 Å². The van der Waals surface area contributed by atoms with Crippen LogP contribution in [0.1, 0.15) is 51.9 Å². The average molecular weight is 180 g/mol. The maximum Gasteiger partial charge on any atom is 0.133 e. The molecular weight excluding hydrogens is 160 g/mol. The molecule has 0 heterocycles. The smallest absolute Gasteiger partial charge is 0.133 e. The third kappa shape index (κ3) is 3.75. The second kappa shape index (κ2) is 5.21. The van der Waals surface area contributed by atoms with Gasteiger partial charge in [0.1, 0.15) is 5.78 Å². The standard InChI is InChI=1S/C12H20O/c1-3-10(2)8-11-6-4-5-7-12(13)9-11/h11H,2-9H2,1H3. The highest BCUT2D eigenvalue weighted by Crippen LogP contribution is 2.26. The SMILES string of the molecule is C=C(CC)CC1CCCCC(=O)C1. The average Bonchev–Trinajstić information content (AvgIpc) is 2.30. The molecule has 0 aliphatic heterocycles. The number of hydrogen-bond donors (Lipinski definition) is 0. The number of hydrogen-bond acceptors (Lipinski definition) is 1. The summed E-state index contributed by atoms with van der Waals surface area (Å²) in [6.07, 6.45) is 7.31. The van der Waals surface area contributed by atoms with E-state index in [-0.39, 0.29) is 0 Å². The van der Waals surface area contributed by atoms with Crippen LogP contribution in [-0.4, -0.2) is 5.78 Å². The van der Waals surface area contributed by atoms with E-state index in [0.29, 0.717) is 11.7 Å². The zero-order valence-electron chi connectivity index (χ0n) is 8.64. The maximum atomic E-state index is 11.3. The van der Waals surface area contributed by atoms with Gasteiger partial charge in [0, 0.05) is 12.8 Å². The Hall–Kier alpha value is -0.590. The van der Waals surface area contributed by atoms with Crippen molar-refractivity contribution in [2.75, 3.05) is 0 Å². The minimum atomic E-state index is 0.464. The van der Waals surface area contributed by atoms with Crippen molar-refractivity contribution in [2.24, 2.45) is 5.92 Å². The molecular formula is C12H20O. The van der Waals surface area contributed by atoms with Gasteiger partial charge in [0.2, 0.25) is 0 Å². The highest BCUT2D eigenvalue weighted by molar-refractivity contribution is 5.78. The minimum absolute atomic E-state index is 0.464. The first-order chi connectivity index (χ1) is 6.22. The number of carbonyl (C=O) groups excluding carboxylic acids is 1. The van der Waals surface area contributed by atoms with Crippen molar-refractivity contribution in [3.63, 3.8) is 0 Å². The number of carbonyl (C=O) groups is 1. The van der Waals surface area contributed by atoms with Gasteiger partial charge in [-0.2, -0.15) is 0 Å². The molecule has 0 radical (unpaired) electrons. The third-order valence-electron chi connectivity index (χ3n) is 2.91. The van der Waals surface area contributed by atoms with Crippen molar-refractivity contribution in [3.8, 4) is 0 Å². The zero-order valence-corrected chi connectivity index (χ0v) is 8.64. The molecule has 0 spiro atoms. The molecule has 0 N–H and O–H groups in total. The predicted molar refractivity (Wildman–Crippen MR) is 55.6 cm³/mol. The molecule has 0 aromatic rings. The molecule has 0 aromatic carbocycles. The van der Waals surface area contributed by atoms with E-state index in [1.54, 1.807) is 0 Å². The molecule has 1 rings (SSSR count). The van der Waals surface area contributed by atoms with Gasteiger partial charge < -0.3 is 0 Å². The van der Waals surface area contributed by atoms with Crippen LogP contribution in [0.15, 0.2) is 12.2 Å². The Morgan fingerprint density at radius 3 is 3.00 bits per heavy atom. The first-order valence-electron chi connectivity index (χ1n) is 5.40. The van der Waals surface area contributed by atoms with Crippen molar-refractivity contribution < 1.29 is 4.79 Å². The molecule has 1 aliphatic carbocycles. The normalized spacial score (nSPS) is 24.1. The van der Waals surface area contributed by atoms with Crippen LogP contribution < -0.4 is 0 Å². The summed E-state index contributed by atoms with van der Waals surface area (Å²) in [5.74, 6) is 1.06. The fourth-order valence-corrected chi connectivity index (χ4v) is 2.01. The first kappa shape index (κ1) is 10.5. The lowest BCUT2D eigenvalue weighted by Crippen LogP contribution is -2.05. The van der Waals surface area contributed by atoms with Gasteiger partial charge in [-0.1, -0.05) is 25.5 Å². The first-order valence-corrected chi connectivity index (χ1v) is 5.40. The van der Waals surface area contributed by atoms with Crippen LogP contribution in [0.25, 0.3) is 0 Å². The van der Waals surface area contributed by atoms with Crippen LogP contribution in [0.4, 0.5) is 0 Å². The van der Waals surface area contributed by atoms with Crippen LogP contribution in [0.2, 0.25) is 0 Å². The van der Waals surface area contributed by atoms with Crippen LogP contribution in [0.3, 0.4) is 0 Å². The second-order valence-electron chi connectivity index (χ2n) is 4.16. The third-order valence-corrected chi connectivity index (χ3v) is 2.91. The molecule has 1 atom stereocenters. The van der Waals surface area contributed by atoms with E-state index in [1.165, 1.54) is 18.4 Å². The summed E-state index contributed by atoms with van der Waals surface area (Å²) in [5.41, 5.74) is 1.31. The fourth-order valence-electron chi connectivity index (χ4n) is 2.01. The second-order valence-corrected chi connectivity index (χ2v) is 4.16. The van der Waals surface area contributed by atoms with E-state index in [0.717, 1.165) is 32.1 Å². The lowest BCUT2D eigenvalue weighted by molar-refractivity contribution is -0.119. The number of allylic oxidation sites excluding steroid dienone is 1. The summed E-state index contributed by atoms with van der Waals surface area (Å²) >= 11 is 0. The molecule has 1 aliphatic rings. The topological polar surface area (TPSA) is 17.1 Å². The molecule has 0 saturated heterocycles. The Morgan fingerprint density at radius 1 is 1.54 bits per heavy atom. The maximum absolute atomic E-state index is 11.3. The number of ketones is 1. The summed E-state index contributed by atoms with van der Waals surface area (Å²) in [7, 11) is 0. The molecule has 1 saturated carbocycles.